The van der Waals surface area contributed by atoms with Crippen molar-refractivity contribution in [2.75, 3.05) is 7.11 Å². The number of benzene rings is 1. The molecule has 0 aliphatic rings. The van der Waals surface area contributed by atoms with Gasteiger partial charge in [-0.3, -0.25) is 0 Å². The fourth-order valence-electron chi connectivity index (χ4n) is 1.92. The third-order valence-electron chi connectivity index (χ3n) is 2.88. The van der Waals surface area contributed by atoms with E-state index in [2.05, 4.69) is 10.1 Å². The van der Waals surface area contributed by atoms with Crippen LogP contribution in [0.1, 0.15) is 11.4 Å². The van der Waals surface area contributed by atoms with Gasteiger partial charge in [-0.15, -0.1) is 5.10 Å². The van der Waals surface area contributed by atoms with Crippen molar-refractivity contribution in [3.05, 3.63) is 59.0 Å². The molecule has 0 fully saturated rings. The number of aromatic nitrogens is 3. The van der Waals surface area contributed by atoms with Crippen LogP contribution in [0.2, 0.25) is 5.15 Å². The van der Waals surface area contributed by atoms with Crippen LogP contribution in [-0.4, -0.2) is 21.7 Å². The molecule has 96 valence electrons. The molecule has 2 heterocycles. The van der Waals surface area contributed by atoms with E-state index in [0.29, 0.717) is 11.6 Å². The fourth-order valence-corrected chi connectivity index (χ4v) is 2.12. The summed E-state index contributed by atoms with van der Waals surface area (Å²) in [5, 5.41) is 4.95. The van der Waals surface area contributed by atoms with Gasteiger partial charge in [0.15, 0.2) is 11.5 Å². The first-order valence-corrected chi connectivity index (χ1v) is 6.27. The first-order valence-electron chi connectivity index (χ1n) is 5.89. The molecule has 0 saturated heterocycles. The normalized spacial score (nSPS) is 10.8. The van der Waals surface area contributed by atoms with Crippen LogP contribution in [0.25, 0.3) is 5.65 Å². The van der Waals surface area contributed by atoms with Gasteiger partial charge < -0.3 is 4.74 Å². The summed E-state index contributed by atoms with van der Waals surface area (Å²) in [7, 11) is 1.65. The summed E-state index contributed by atoms with van der Waals surface area (Å²) in [5.74, 6) is 1.59. The number of nitrogens with zero attached hydrogens (tertiary/aromatic N) is 3. The molecular weight excluding hydrogens is 262 g/mol. The Labute approximate surface area is 115 Å². The molecule has 0 radical (unpaired) electrons. The van der Waals surface area contributed by atoms with Crippen molar-refractivity contribution in [2.24, 2.45) is 0 Å². The molecule has 0 amide bonds. The summed E-state index contributed by atoms with van der Waals surface area (Å²) in [6.07, 6.45) is 0.669. The molecule has 0 unspecified atom stereocenters. The van der Waals surface area contributed by atoms with Crippen molar-refractivity contribution < 1.29 is 4.74 Å². The molecule has 0 saturated carbocycles. The van der Waals surface area contributed by atoms with Crippen LogP contribution in [0, 0.1) is 0 Å². The van der Waals surface area contributed by atoms with Crippen LogP contribution >= 0.6 is 11.6 Å². The van der Waals surface area contributed by atoms with Crippen LogP contribution in [0.15, 0.2) is 42.5 Å². The van der Waals surface area contributed by atoms with Crippen LogP contribution in [0.4, 0.5) is 0 Å². The van der Waals surface area contributed by atoms with Gasteiger partial charge >= 0.3 is 0 Å². The van der Waals surface area contributed by atoms with E-state index in [-0.39, 0.29) is 0 Å². The Balaban J connectivity index is 1.90. The first kappa shape index (κ1) is 12.0. The van der Waals surface area contributed by atoms with Crippen LogP contribution in [0.3, 0.4) is 0 Å². The smallest absolute Gasteiger partial charge is 0.157 e. The zero-order valence-corrected chi connectivity index (χ0v) is 11.1. The maximum atomic E-state index is 6.06. The van der Waals surface area contributed by atoms with Crippen molar-refractivity contribution in [3.8, 4) is 5.75 Å². The van der Waals surface area contributed by atoms with Gasteiger partial charge in [-0.25, -0.2) is 9.50 Å². The molecule has 4 nitrogen and oxygen atoms in total. The zero-order valence-electron chi connectivity index (χ0n) is 10.4. The van der Waals surface area contributed by atoms with Crippen molar-refractivity contribution in [1.82, 2.24) is 14.6 Å². The molecule has 19 heavy (non-hydrogen) atoms. The van der Waals surface area contributed by atoms with E-state index in [9.17, 15) is 0 Å². The maximum absolute atomic E-state index is 6.06. The Kier molecular flexibility index (Phi) is 3.09. The van der Waals surface area contributed by atoms with E-state index < -0.39 is 0 Å². The molecule has 3 rings (SSSR count). The molecule has 0 N–H and O–H groups in total. The number of rotatable bonds is 3. The monoisotopic (exact) mass is 273 g/mol. The van der Waals surface area contributed by atoms with Gasteiger partial charge in [-0.1, -0.05) is 29.8 Å². The van der Waals surface area contributed by atoms with E-state index in [1.54, 1.807) is 17.7 Å². The molecule has 5 heteroatoms. The van der Waals surface area contributed by atoms with Gasteiger partial charge in [0.25, 0.3) is 0 Å². The van der Waals surface area contributed by atoms with Gasteiger partial charge in [-0.2, -0.15) is 0 Å². The highest BCUT2D eigenvalue weighted by atomic mass is 35.5. The second kappa shape index (κ2) is 4.90. The third kappa shape index (κ3) is 2.39. The topological polar surface area (TPSA) is 39.4 Å². The fraction of sp³-hybridized carbons (Fsp3) is 0.143. The number of hydrogen-bond donors (Lipinski definition) is 0. The summed E-state index contributed by atoms with van der Waals surface area (Å²) in [6, 6.07) is 13.4. The lowest BCUT2D eigenvalue weighted by atomic mass is 10.1. The Hall–Kier alpha value is -2.07. The lowest BCUT2D eigenvalue weighted by Gasteiger charge is -2.00. The van der Waals surface area contributed by atoms with Crippen molar-refractivity contribution >= 4 is 17.2 Å². The van der Waals surface area contributed by atoms with Gasteiger partial charge in [-0.05, 0) is 29.8 Å². The Bertz CT molecular complexity index is 706. The number of methoxy groups -OCH3 is 1. The summed E-state index contributed by atoms with van der Waals surface area (Å²) >= 11 is 6.06. The van der Waals surface area contributed by atoms with E-state index in [1.165, 1.54) is 0 Å². The molecule has 3 aromatic rings. The largest absolute Gasteiger partial charge is 0.497 e. The van der Waals surface area contributed by atoms with Crippen molar-refractivity contribution in [2.45, 2.75) is 6.42 Å². The van der Waals surface area contributed by atoms with E-state index in [4.69, 9.17) is 16.3 Å². The zero-order chi connectivity index (χ0) is 13.2. The lowest BCUT2D eigenvalue weighted by Crippen LogP contribution is -1.93. The average molecular weight is 274 g/mol. The average Bonchev–Trinajstić information content (AvgIpc) is 2.84. The van der Waals surface area contributed by atoms with Crippen molar-refractivity contribution in [1.29, 1.82) is 0 Å². The van der Waals surface area contributed by atoms with Gasteiger partial charge in [0.2, 0.25) is 0 Å². The third-order valence-corrected chi connectivity index (χ3v) is 3.16. The van der Waals surface area contributed by atoms with E-state index >= 15 is 0 Å². The molecule has 0 aliphatic carbocycles. The first-order chi connectivity index (χ1) is 9.26. The van der Waals surface area contributed by atoms with Gasteiger partial charge in [0, 0.05) is 6.42 Å². The lowest BCUT2D eigenvalue weighted by molar-refractivity contribution is 0.414. The minimum atomic E-state index is 0.561. The number of halogens is 1. The van der Waals surface area contributed by atoms with Crippen LogP contribution < -0.4 is 4.74 Å². The molecular formula is C14H12ClN3O. The SMILES string of the molecule is COc1ccc(Cc2nc3cccc(Cl)n3n2)cc1. The Morgan fingerprint density at radius 3 is 2.63 bits per heavy atom. The second-order valence-corrected chi connectivity index (χ2v) is 4.56. The molecule has 0 aliphatic heterocycles. The Morgan fingerprint density at radius 1 is 1.16 bits per heavy atom. The highest BCUT2D eigenvalue weighted by molar-refractivity contribution is 6.29. The number of pyridine rings is 1. The molecule has 0 atom stereocenters. The van der Waals surface area contributed by atoms with Crippen molar-refractivity contribution in [3.63, 3.8) is 0 Å². The Morgan fingerprint density at radius 2 is 1.95 bits per heavy atom. The minimum Gasteiger partial charge on any atom is -0.497 e. The molecule has 1 aromatic carbocycles. The maximum Gasteiger partial charge on any atom is 0.157 e. The van der Waals surface area contributed by atoms with Crippen LogP contribution in [-0.2, 0) is 6.42 Å². The summed E-state index contributed by atoms with van der Waals surface area (Å²) in [6.45, 7) is 0. The van der Waals surface area contributed by atoms with Gasteiger partial charge in [0.05, 0.1) is 7.11 Å². The second-order valence-electron chi connectivity index (χ2n) is 4.17. The highest BCUT2D eigenvalue weighted by Gasteiger charge is 2.06. The van der Waals surface area contributed by atoms with E-state index in [0.717, 1.165) is 22.8 Å². The predicted molar refractivity (Wildman–Crippen MR) is 73.8 cm³/mol. The number of ether oxygens (including phenoxy) is 1. The summed E-state index contributed by atoms with van der Waals surface area (Å²) in [4.78, 5) is 4.45. The number of fused-ring (bicyclic) bond motifs is 1. The van der Waals surface area contributed by atoms with Crippen LogP contribution in [0.5, 0.6) is 5.75 Å². The minimum absolute atomic E-state index is 0.561. The molecule has 0 spiro atoms. The standard InChI is InChI=1S/C14H12ClN3O/c1-19-11-7-5-10(6-8-11)9-13-16-14-4-2-3-12(15)18(14)17-13/h2-8H,9H2,1H3. The van der Waals surface area contributed by atoms with Gasteiger partial charge in [0.1, 0.15) is 10.9 Å². The number of hydrogen-bond acceptors (Lipinski definition) is 3. The summed E-state index contributed by atoms with van der Waals surface area (Å²) in [5.41, 5.74) is 1.89. The summed E-state index contributed by atoms with van der Waals surface area (Å²) < 4.78 is 6.77. The molecule has 2 aromatic heterocycles. The highest BCUT2D eigenvalue weighted by Crippen LogP contribution is 2.15. The molecule has 0 bridgehead atoms. The predicted octanol–water partition coefficient (Wildman–Crippen LogP) is 2.98. The quantitative estimate of drug-likeness (QED) is 0.689. The van der Waals surface area contributed by atoms with E-state index in [1.807, 2.05) is 36.4 Å².